The molecular weight excluding hydrogens is 336 g/mol. The molecule has 2 aromatic rings. The Kier molecular flexibility index (Phi) is 4.74. The first-order valence-corrected chi connectivity index (χ1v) is 9.56. The van der Waals surface area contributed by atoms with Gasteiger partial charge in [-0.25, -0.2) is 13.6 Å². The zero-order valence-electron chi connectivity index (χ0n) is 14.0. The Morgan fingerprint density at radius 2 is 1.84 bits per heavy atom. The second-order valence-corrected chi connectivity index (χ2v) is 7.74. The average molecular weight is 356 g/mol. The van der Waals surface area contributed by atoms with Crippen LogP contribution in [0.3, 0.4) is 0 Å². The number of primary sulfonamides is 1. The summed E-state index contributed by atoms with van der Waals surface area (Å²) in [6.07, 6.45) is 2.33. The van der Waals surface area contributed by atoms with E-state index < -0.39 is 10.0 Å². The van der Waals surface area contributed by atoms with Gasteiger partial charge in [-0.3, -0.25) is 4.79 Å². The van der Waals surface area contributed by atoms with Gasteiger partial charge in [0.15, 0.2) is 0 Å². The lowest BCUT2D eigenvalue weighted by Crippen LogP contribution is -2.35. The van der Waals surface area contributed by atoms with E-state index in [0.717, 1.165) is 22.3 Å². The highest BCUT2D eigenvalue weighted by Gasteiger charge is 2.21. The highest BCUT2D eigenvalue weighted by Crippen LogP contribution is 2.23. The number of carbonyl (C=O) groups is 1. The van der Waals surface area contributed by atoms with Gasteiger partial charge in [-0.15, -0.1) is 0 Å². The summed E-state index contributed by atoms with van der Waals surface area (Å²) < 4.78 is 23.0. The van der Waals surface area contributed by atoms with Gasteiger partial charge in [-0.05, 0) is 47.7 Å². The van der Waals surface area contributed by atoms with Crippen LogP contribution < -0.4 is 5.14 Å². The molecule has 1 amide bonds. The highest BCUT2D eigenvalue weighted by molar-refractivity contribution is 7.89. The molecular formula is C19H20N2O3S. The van der Waals surface area contributed by atoms with Crippen molar-refractivity contribution in [1.29, 1.82) is 0 Å². The van der Waals surface area contributed by atoms with E-state index in [4.69, 9.17) is 5.14 Å². The van der Waals surface area contributed by atoms with Gasteiger partial charge in [0, 0.05) is 19.2 Å². The number of nitrogens with zero attached hydrogens (tertiary/aromatic N) is 1. The molecule has 0 radical (unpaired) electrons. The van der Waals surface area contributed by atoms with Crippen molar-refractivity contribution in [3.05, 3.63) is 71.3 Å². The maximum absolute atomic E-state index is 12.6. The SMILES string of the molecule is C/C(=C\C(=O)N1CCc2ccc(S(N)(=O)=O)cc2C1)c1ccccc1. The fraction of sp³-hybridized carbons (Fsp3) is 0.211. The Bertz CT molecular complexity index is 934. The van der Waals surface area contributed by atoms with E-state index >= 15 is 0 Å². The van der Waals surface area contributed by atoms with Crippen LogP contribution in [0.25, 0.3) is 5.57 Å². The van der Waals surface area contributed by atoms with Crippen molar-refractivity contribution in [2.75, 3.05) is 6.54 Å². The molecule has 0 saturated carbocycles. The largest absolute Gasteiger partial charge is 0.334 e. The molecule has 0 atom stereocenters. The lowest BCUT2D eigenvalue weighted by atomic mass is 9.99. The predicted octanol–water partition coefficient (Wildman–Crippen LogP) is 2.32. The monoisotopic (exact) mass is 356 g/mol. The van der Waals surface area contributed by atoms with Crippen molar-refractivity contribution < 1.29 is 13.2 Å². The van der Waals surface area contributed by atoms with E-state index in [-0.39, 0.29) is 10.8 Å². The summed E-state index contributed by atoms with van der Waals surface area (Å²) in [4.78, 5) is 14.4. The van der Waals surface area contributed by atoms with Crippen LogP contribution in [0, 0.1) is 0 Å². The molecule has 130 valence electrons. The van der Waals surface area contributed by atoms with Gasteiger partial charge in [0.2, 0.25) is 15.9 Å². The Hall–Kier alpha value is -2.44. The Morgan fingerprint density at radius 3 is 2.52 bits per heavy atom. The third kappa shape index (κ3) is 3.97. The minimum Gasteiger partial charge on any atom is -0.334 e. The minimum atomic E-state index is -3.74. The zero-order valence-corrected chi connectivity index (χ0v) is 14.8. The van der Waals surface area contributed by atoms with E-state index in [0.29, 0.717) is 19.5 Å². The summed E-state index contributed by atoms with van der Waals surface area (Å²) in [5, 5.41) is 5.20. The van der Waals surface area contributed by atoms with Gasteiger partial charge in [0.05, 0.1) is 4.90 Å². The molecule has 3 rings (SSSR count). The predicted molar refractivity (Wildman–Crippen MR) is 97.0 cm³/mol. The molecule has 25 heavy (non-hydrogen) atoms. The number of allylic oxidation sites excluding steroid dienone is 1. The van der Waals surface area contributed by atoms with Gasteiger partial charge in [-0.2, -0.15) is 0 Å². The molecule has 1 aliphatic heterocycles. The highest BCUT2D eigenvalue weighted by atomic mass is 32.2. The van der Waals surface area contributed by atoms with Crippen molar-refractivity contribution in [3.63, 3.8) is 0 Å². The summed E-state index contributed by atoms with van der Waals surface area (Å²) in [6, 6.07) is 14.6. The standard InChI is InChI=1S/C19H20N2O3S/c1-14(15-5-3-2-4-6-15)11-19(22)21-10-9-16-7-8-18(25(20,23)24)12-17(16)13-21/h2-8,11-12H,9-10,13H2,1H3,(H2,20,23,24)/b14-11+. The van der Waals surface area contributed by atoms with Gasteiger partial charge in [-0.1, -0.05) is 36.4 Å². The van der Waals surface area contributed by atoms with Gasteiger partial charge in [0.1, 0.15) is 0 Å². The Balaban J connectivity index is 1.81. The second kappa shape index (κ2) is 6.82. The normalized spacial score (nSPS) is 15.0. The van der Waals surface area contributed by atoms with Crippen LogP contribution >= 0.6 is 0 Å². The fourth-order valence-corrected chi connectivity index (χ4v) is 3.52. The smallest absolute Gasteiger partial charge is 0.247 e. The molecule has 0 spiro atoms. The van der Waals surface area contributed by atoms with Crippen molar-refractivity contribution in [3.8, 4) is 0 Å². The first kappa shape index (κ1) is 17.4. The number of carbonyl (C=O) groups excluding carboxylic acids is 1. The maximum Gasteiger partial charge on any atom is 0.247 e. The Morgan fingerprint density at radius 1 is 1.12 bits per heavy atom. The van der Waals surface area contributed by atoms with Crippen molar-refractivity contribution in [2.45, 2.75) is 24.8 Å². The fourth-order valence-electron chi connectivity index (χ4n) is 2.96. The van der Waals surface area contributed by atoms with E-state index in [2.05, 4.69) is 0 Å². The topological polar surface area (TPSA) is 80.5 Å². The van der Waals surface area contributed by atoms with Crippen LogP contribution in [0.1, 0.15) is 23.6 Å². The number of fused-ring (bicyclic) bond motifs is 1. The molecule has 0 aliphatic carbocycles. The van der Waals surface area contributed by atoms with Crippen LogP contribution in [-0.2, 0) is 27.8 Å². The molecule has 0 saturated heterocycles. The molecule has 0 bridgehead atoms. The molecule has 5 nitrogen and oxygen atoms in total. The average Bonchev–Trinajstić information content (AvgIpc) is 2.60. The molecule has 2 aromatic carbocycles. The summed E-state index contributed by atoms with van der Waals surface area (Å²) in [7, 11) is -3.74. The van der Waals surface area contributed by atoms with E-state index in [1.165, 1.54) is 6.07 Å². The minimum absolute atomic E-state index is 0.0759. The van der Waals surface area contributed by atoms with Crippen LogP contribution in [0.5, 0.6) is 0 Å². The molecule has 6 heteroatoms. The molecule has 0 aromatic heterocycles. The van der Waals surface area contributed by atoms with Crippen molar-refractivity contribution >= 4 is 21.5 Å². The Labute approximate surface area is 147 Å². The molecule has 1 aliphatic rings. The number of hydrogen-bond acceptors (Lipinski definition) is 3. The van der Waals surface area contributed by atoms with E-state index in [1.807, 2.05) is 37.3 Å². The first-order valence-electron chi connectivity index (χ1n) is 8.02. The first-order chi connectivity index (χ1) is 11.8. The van der Waals surface area contributed by atoms with Gasteiger partial charge in [0.25, 0.3) is 0 Å². The molecule has 2 N–H and O–H groups in total. The third-order valence-electron chi connectivity index (χ3n) is 4.40. The lowest BCUT2D eigenvalue weighted by Gasteiger charge is -2.28. The zero-order chi connectivity index (χ0) is 18.0. The summed E-state index contributed by atoms with van der Waals surface area (Å²) in [5.41, 5.74) is 3.79. The lowest BCUT2D eigenvalue weighted by molar-refractivity contribution is -0.126. The number of hydrogen-bond donors (Lipinski definition) is 1. The van der Waals surface area contributed by atoms with Crippen LogP contribution in [0.4, 0.5) is 0 Å². The molecule has 0 unspecified atom stereocenters. The number of nitrogens with two attached hydrogens (primary N) is 1. The number of amides is 1. The number of sulfonamides is 1. The van der Waals surface area contributed by atoms with E-state index in [1.54, 1.807) is 23.1 Å². The second-order valence-electron chi connectivity index (χ2n) is 6.18. The van der Waals surface area contributed by atoms with Crippen LogP contribution in [0.15, 0.2) is 59.5 Å². The quantitative estimate of drug-likeness (QED) is 0.857. The maximum atomic E-state index is 12.6. The number of rotatable bonds is 3. The van der Waals surface area contributed by atoms with Gasteiger partial charge >= 0.3 is 0 Å². The van der Waals surface area contributed by atoms with Crippen LogP contribution in [-0.4, -0.2) is 25.8 Å². The van der Waals surface area contributed by atoms with E-state index in [9.17, 15) is 13.2 Å². The third-order valence-corrected chi connectivity index (χ3v) is 5.31. The molecule has 0 fully saturated rings. The summed E-state index contributed by atoms with van der Waals surface area (Å²) in [5.74, 6) is -0.0759. The van der Waals surface area contributed by atoms with Crippen molar-refractivity contribution in [2.24, 2.45) is 5.14 Å². The van der Waals surface area contributed by atoms with Crippen molar-refractivity contribution in [1.82, 2.24) is 4.90 Å². The van der Waals surface area contributed by atoms with Gasteiger partial charge < -0.3 is 4.90 Å². The summed E-state index contributed by atoms with van der Waals surface area (Å²) in [6.45, 7) is 2.90. The molecule has 1 heterocycles. The number of benzene rings is 2. The summed E-state index contributed by atoms with van der Waals surface area (Å²) >= 11 is 0. The van der Waals surface area contributed by atoms with Crippen LogP contribution in [0.2, 0.25) is 0 Å².